The fourth-order valence-electron chi connectivity index (χ4n) is 3.38. The van der Waals surface area contributed by atoms with Gasteiger partial charge in [-0.2, -0.15) is 0 Å². The van der Waals surface area contributed by atoms with Gasteiger partial charge in [0.1, 0.15) is 0 Å². The second kappa shape index (κ2) is 9.80. The Bertz CT molecular complexity index is 868. The summed E-state index contributed by atoms with van der Waals surface area (Å²) in [5.41, 5.74) is 2.55. The molecule has 0 amide bonds. The van der Waals surface area contributed by atoms with Gasteiger partial charge in [-0.25, -0.2) is 0 Å². The predicted octanol–water partition coefficient (Wildman–Crippen LogP) is 7.35. The molecule has 0 radical (unpaired) electrons. The van der Waals surface area contributed by atoms with Gasteiger partial charge in [-0.05, 0) is 77.1 Å². The molecule has 0 atom stereocenters. The number of carbonyl (C=O) groups excluding carboxylic acids is 1. The monoisotopic (exact) mass is 406 g/mol. The Morgan fingerprint density at radius 3 is 1.55 bits per heavy atom. The first-order valence-corrected chi connectivity index (χ1v) is 12.0. The first kappa shape index (κ1) is 21.2. The molecule has 3 heteroatoms. The molecular formula is C26H30O2S. The lowest BCUT2D eigenvalue weighted by Crippen LogP contribution is -2.13. The quantitative estimate of drug-likeness (QED) is 0.391. The Morgan fingerprint density at radius 2 is 1.14 bits per heavy atom. The Morgan fingerprint density at radius 1 is 0.690 bits per heavy atom. The zero-order chi connectivity index (χ0) is 20.7. The molecule has 0 aromatic heterocycles. The third-order valence-electron chi connectivity index (χ3n) is 5.07. The largest absolute Gasteiger partial charge is 0.402 e. The highest BCUT2D eigenvalue weighted by atomic mass is 32.3. The van der Waals surface area contributed by atoms with Crippen LogP contribution in [0.4, 0.5) is 0 Å². The van der Waals surface area contributed by atoms with Crippen LogP contribution in [0.1, 0.15) is 44.7 Å². The second-order valence-corrected chi connectivity index (χ2v) is 9.76. The highest BCUT2D eigenvalue weighted by Crippen LogP contribution is 2.69. The molecule has 0 aliphatic carbocycles. The summed E-state index contributed by atoms with van der Waals surface area (Å²) in [4.78, 5) is 16.0. The van der Waals surface area contributed by atoms with Gasteiger partial charge in [0.05, 0.1) is 0 Å². The molecule has 0 fully saturated rings. The molecule has 0 heterocycles. The molecular weight excluding hydrogens is 376 g/mol. The van der Waals surface area contributed by atoms with Crippen molar-refractivity contribution in [2.24, 2.45) is 0 Å². The highest BCUT2D eigenvalue weighted by molar-refractivity contribution is 8.30. The molecule has 29 heavy (non-hydrogen) atoms. The number of aryl methyl sites for hydroxylation is 2. The van der Waals surface area contributed by atoms with Crippen LogP contribution >= 0.6 is 10.3 Å². The van der Waals surface area contributed by atoms with E-state index in [9.17, 15) is 4.79 Å². The topological polar surface area (TPSA) is 26.3 Å². The molecule has 3 aromatic rings. The lowest BCUT2D eigenvalue weighted by molar-refractivity contribution is -0.133. The van der Waals surface area contributed by atoms with E-state index in [0.717, 1.165) is 33.9 Å². The number of carbonyl (C=O) groups is 1. The van der Waals surface area contributed by atoms with E-state index in [0.29, 0.717) is 6.42 Å². The third kappa shape index (κ3) is 4.56. The summed E-state index contributed by atoms with van der Waals surface area (Å²) in [5, 5.41) is 0. The van der Waals surface area contributed by atoms with E-state index in [1.165, 1.54) is 11.1 Å². The molecule has 0 bridgehead atoms. The smallest absolute Gasteiger partial charge is 0.317 e. The van der Waals surface area contributed by atoms with Gasteiger partial charge in [0, 0.05) is 21.1 Å². The van der Waals surface area contributed by atoms with Crippen LogP contribution in [0.15, 0.2) is 93.5 Å². The normalized spacial score (nSPS) is 11.8. The lowest BCUT2D eigenvalue weighted by atomic mass is 10.2. The van der Waals surface area contributed by atoms with Crippen LogP contribution in [0, 0.1) is 0 Å². The minimum atomic E-state index is -2.15. The standard InChI is InChI=1S/C26H30O2S/c1-4-10-26(27)28-29(23-11-8-7-9-12-23,24-17-13-21(5-2)14-18-24)25-19-15-22(6-3)16-20-25/h7-9,11-20H,4-6,10H2,1-3H3. The molecule has 0 saturated carbocycles. The van der Waals surface area contributed by atoms with Crippen molar-refractivity contribution in [1.82, 2.24) is 0 Å². The van der Waals surface area contributed by atoms with E-state index in [2.05, 4.69) is 74.5 Å². The molecule has 0 aliphatic rings. The molecule has 3 aromatic carbocycles. The SMILES string of the molecule is CCCC(=O)OS(c1ccccc1)(c1ccc(CC)cc1)c1ccc(CC)cc1. The van der Waals surface area contributed by atoms with Crippen molar-refractivity contribution in [3.05, 3.63) is 90.0 Å². The first-order chi connectivity index (χ1) is 14.1. The van der Waals surface area contributed by atoms with E-state index < -0.39 is 10.3 Å². The van der Waals surface area contributed by atoms with Gasteiger partial charge in [-0.15, -0.1) is 0 Å². The molecule has 152 valence electrons. The average Bonchev–Trinajstić information content (AvgIpc) is 2.78. The molecule has 0 unspecified atom stereocenters. The van der Waals surface area contributed by atoms with E-state index in [-0.39, 0.29) is 5.97 Å². The maximum Gasteiger partial charge on any atom is 0.317 e. The Hall–Kier alpha value is -2.52. The minimum Gasteiger partial charge on any atom is -0.402 e. The molecule has 0 aliphatic heterocycles. The van der Waals surface area contributed by atoms with Gasteiger partial charge in [0.2, 0.25) is 0 Å². The van der Waals surface area contributed by atoms with E-state index in [4.69, 9.17) is 4.18 Å². The lowest BCUT2D eigenvalue weighted by Gasteiger charge is -2.40. The fraction of sp³-hybridized carbons (Fsp3) is 0.269. The summed E-state index contributed by atoms with van der Waals surface area (Å²) >= 11 is 0. The van der Waals surface area contributed by atoms with Crippen molar-refractivity contribution in [3.8, 4) is 0 Å². The molecule has 3 rings (SSSR count). The zero-order valence-corrected chi connectivity index (χ0v) is 18.4. The number of rotatable bonds is 8. The highest BCUT2D eigenvalue weighted by Gasteiger charge is 2.35. The van der Waals surface area contributed by atoms with Crippen LogP contribution in [-0.4, -0.2) is 5.97 Å². The van der Waals surface area contributed by atoms with Gasteiger partial charge in [0.15, 0.2) is 0 Å². The Kier molecular flexibility index (Phi) is 7.16. The zero-order valence-electron chi connectivity index (χ0n) is 17.6. The van der Waals surface area contributed by atoms with Crippen molar-refractivity contribution in [3.63, 3.8) is 0 Å². The van der Waals surface area contributed by atoms with Gasteiger partial charge in [-0.3, -0.25) is 4.79 Å². The van der Waals surface area contributed by atoms with Gasteiger partial charge in [-0.1, -0.05) is 63.2 Å². The summed E-state index contributed by atoms with van der Waals surface area (Å²) < 4.78 is 6.43. The predicted molar refractivity (Wildman–Crippen MR) is 121 cm³/mol. The fourth-order valence-corrected chi connectivity index (χ4v) is 6.43. The molecule has 0 spiro atoms. The van der Waals surface area contributed by atoms with Crippen LogP contribution in [0.5, 0.6) is 0 Å². The summed E-state index contributed by atoms with van der Waals surface area (Å²) in [5.74, 6) is -0.148. The average molecular weight is 407 g/mol. The van der Waals surface area contributed by atoms with E-state index in [1.807, 2.05) is 25.1 Å². The first-order valence-electron chi connectivity index (χ1n) is 10.4. The van der Waals surface area contributed by atoms with Gasteiger partial charge < -0.3 is 4.18 Å². The maximum atomic E-state index is 12.8. The third-order valence-corrected chi connectivity index (χ3v) is 8.32. The van der Waals surface area contributed by atoms with E-state index >= 15 is 0 Å². The van der Waals surface area contributed by atoms with E-state index in [1.54, 1.807) is 0 Å². The summed E-state index contributed by atoms with van der Waals surface area (Å²) in [7, 11) is -2.15. The second-order valence-electron chi connectivity index (χ2n) is 7.07. The van der Waals surface area contributed by atoms with Crippen LogP contribution in [-0.2, 0) is 21.8 Å². The van der Waals surface area contributed by atoms with Gasteiger partial charge >= 0.3 is 5.97 Å². The molecule has 0 saturated heterocycles. The molecule has 2 nitrogen and oxygen atoms in total. The van der Waals surface area contributed by atoms with Crippen molar-refractivity contribution in [2.75, 3.05) is 0 Å². The van der Waals surface area contributed by atoms with Crippen LogP contribution in [0.25, 0.3) is 0 Å². The Labute approximate surface area is 176 Å². The number of benzene rings is 3. The number of hydrogen-bond acceptors (Lipinski definition) is 2. The van der Waals surface area contributed by atoms with Crippen molar-refractivity contribution < 1.29 is 8.98 Å². The summed E-state index contributed by atoms with van der Waals surface area (Å²) in [6.07, 6.45) is 3.15. The molecule has 0 N–H and O–H groups in total. The van der Waals surface area contributed by atoms with Gasteiger partial charge in [0.25, 0.3) is 0 Å². The van der Waals surface area contributed by atoms with Crippen LogP contribution in [0.2, 0.25) is 0 Å². The van der Waals surface area contributed by atoms with Crippen LogP contribution < -0.4 is 0 Å². The van der Waals surface area contributed by atoms with Crippen molar-refractivity contribution >= 4 is 16.3 Å². The van der Waals surface area contributed by atoms with Crippen LogP contribution in [0.3, 0.4) is 0 Å². The maximum absolute atomic E-state index is 12.8. The van der Waals surface area contributed by atoms with Crippen molar-refractivity contribution in [1.29, 1.82) is 0 Å². The minimum absolute atomic E-state index is 0.148. The number of hydrogen-bond donors (Lipinski definition) is 0. The summed E-state index contributed by atoms with van der Waals surface area (Å²) in [6.45, 7) is 6.31. The Balaban J connectivity index is 2.25. The van der Waals surface area contributed by atoms with Crippen molar-refractivity contribution in [2.45, 2.75) is 61.1 Å². The summed E-state index contributed by atoms with van der Waals surface area (Å²) in [6, 6.07) is 27.3.